The number of aromatic nitrogens is 1. The molecule has 86 valence electrons. The first-order valence-corrected chi connectivity index (χ1v) is 5.92. The Balaban J connectivity index is 2.15. The number of nitrogens with zero attached hydrogens (tertiary/aromatic N) is 1. The average molecular weight is 216 g/mol. The lowest BCUT2D eigenvalue weighted by Gasteiger charge is -2.08. The minimum atomic E-state index is 0.703. The maximum absolute atomic E-state index is 3.48. The molecule has 0 aliphatic carbocycles. The molecular formula is C14H20N2. The van der Waals surface area contributed by atoms with Crippen LogP contribution in [0, 0.1) is 5.92 Å². The highest BCUT2D eigenvalue weighted by molar-refractivity contribution is 5.81. The summed E-state index contributed by atoms with van der Waals surface area (Å²) in [6.45, 7) is 6.48. The molecule has 0 bridgehead atoms. The van der Waals surface area contributed by atoms with Gasteiger partial charge in [0.25, 0.3) is 0 Å². The van der Waals surface area contributed by atoms with Gasteiger partial charge in [-0.25, -0.2) is 0 Å². The third-order valence-corrected chi connectivity index (χ3v) is 2.91. The lowest BCUT2D eigenvalue weighted by molar-refractivity contribution is 0.543. The second-order valence-electron chi connectivity index (χ2n) is 4.78. The van der Waals surface area contributed by atoms with Gasteiger partial charge in [-0.2, -0.15) is 0 Å². The van der Waals surface area contributed by atoms with Crippen molar-refractivity contribution in [3.8, 4) is 0 Å². The molecule has 0 aliphatic rings. The summed E-state index contributed by atoms with van der Waals surface area (Å²) in [6.07, 6.45) is 0. The van der Waals surface area contributed by atoms with Crippen molar-refractivity contribution in [2.75, 3.05) is 6.54 Å². The summed E-state index contributed by atoms with van der Waals surface area (Å²) >= 11 is 0. The van der Waals surface area contributed by atoms with Gasteiger partial charge in [0, 0.05) is 24.8 Å². The Bertz CT molecular complexity index is 469. The highest BCUT2D eigenvalue weighted by Crippen LogP contribution is 2.17. The summed E-state index contributed by atoms with van der Waals surface area (Å²) in [7, 11) is 2.13. The third-order valence-electron chi connectivity index (χ3n) is 2.91. The van der Waals surface area contributed by atoms with E-state index in [-0.39, 0.29) is 0 Å². The number of benzene rings is 1. The minimum Gasteiger partial charge on any atom is -0.346 e. The first-order chi connectivity index (χ1) is 7.68. The standard InChI is InChI=1S/C14H20N2/c1-11(2)9-15-10-13-8-12-6-4-5-7-14(12)16(13)3/h4-8,11,15H,9-10H2,1-3H3. The zero-order chi connectivity index (χ0) is 11.5. The van der Waals surface area contributed by atoms with Crippen molar-refractivity contribution in [3.05, 3.63) is 36.0 Å². The molecule has 1 aromatic heterocycles. The van der Waals surface area contributed by atoms with Gasteiger partial charge in [0.15, 0.2) is 0 Å². The molecule has 1 N–H and O–H groups in total. The van der Waals surface area contributed by atoms with Crippen LogP contribution in [0.1, 0.15) is 19.5 Å². The van der Waals surface area contributed by atoms with Gasteiger partial charge in [0.2, 0.25) is 0 Å². The van der Waals surface area contributed by atoms with Crippen LogP contribution in [0.2, 0.25) is 0 Å². The van der Waals surface area contributed by atoms with E-state index in [2.05, 4.69) is 61.1 Å². The zero-order valence-electron chi connectivity index (χ0n) is 10.3. The average Bonchev–Trinajstić information content (AvgIpc) is 2.56. The second-order valence-corrected chi connectivity index (χ2v) is 4.78. The van der Waals surface area contributed by atoms with Gasteiger partial charge in [-0.15, -0.1) is 0 Å². The highest BCUT2D eigenvalue weighted by atomic mass is 15.0. The molecular weight excluding hydrogens is 196 g/mol. The number of nitrogens with one attached hydrogen (secondary N) is 1. The predicted molar refractivity (Wildman–Crippen MR) is 69.5 cm³/mol. The number of rotatable bonds is 4. The molecule has 2 aromatic rings. The van der Waals surface area contributed by atoms with Crippen LogP contribution in [-0.4, -0.2) is 11.1 Å². The van der Waals surface area contributed by atoms with E-state index in [1.54, 1.807) is 0 Å². The molecule has 0 saturated heterocycles. The Kier molecular flexibility index (Phi) is 3.30. The molecule has 0 radical (unpaired) electrons. The van der Waals surface area contributed by atoms with E-state index in [4.69, 9.17) is 0 Å². The fourth-order valence-electron chi connectivity index (χ4n) is 2.00. The molecule has 1 heterocycles. The van der Waals surface area contributed by atoms with Crippen LogP contribution in [0.4, 0.5) is 0 Å². The second kappa shape index (κ2) is 4.71. The van der Waals surface area contributed by atoms with Crippen LogP contribution in [0.5, 0.6) is 0 Å². The fourth-order valence-corrected chi connectivity index (χ4v) is 2.00. The summed E-state index contributed by atoms with van der Waals surface area (Å²) in [6, 6.07) is 10.8. The number of fused-ring (bicyclic) bond motifs is 1. The molecule has 0 atom stereocenters. The molecule has 2 heteroatoms. The molecule has 0 aliphatic heterocycles. The highest BCUT2D eigenvalue weighted by Gasteiger charge is 2.04. The first-order valence-electron chi connectivity index (χ1n) is 5.92. The van der Waals surface area contributed by atoms with E-state index in [9.17, 15) is 0 Å². The number of hydrogen-bond donors (Lipinski definition) is 1. The number of aryl methyl sites for hydroxylation is 1. The Labute approximate surface area is 97.3 Å². The van der Waals surface area contributed by atoms with Crippen molar-refractivity contribution in [1.82, 2.24) is 9.88 Å². The van der Waals surface area contributed by atoms with E-state index in [0.29, 0.717) is 5.92 Å². The monoisotopic (exact) mass is 216 g/mol. The third kappa shape index (κ3) is 2.27. The summed E-state index contributed by atoms with van der Waals surface area (Å²) in [5, 5.41) is 4.81. The van der Waals surface area contributed by atoms with E-state index in [1.807, 2.05) is 0 Å². The van der Waals surface area contributed by atoms with E-state index < -0.39 is 0 Å². The Morgan fingerprint density at radius 3 is 2.69 bits per heavy atom. The Hall–Kier alpha value is -1.28. The van der Waals surface area contributed by atoms with Crippen LogP contribution in [-0.2, 0) is 13.6 Å². The van der Waals surface area contributed by atoms with Crippen molar-refractivity contribution >= 4 is 10.9 Å². The smallest absolute Gasteiger partial charge is 0.0480 e. The maximum atomic E-state index is 3.48. The van der Waals surface area contributed by atoms with Crippen molar-refractivity contribution in [1.29, 1.82) is 0 Å². The number of para-hydroxylation sites is 1. The molecule has 0 saturated carbocycles. The van der Waals surface area contributed by atoms with Crippen molar-refractivity contribution < 1.29 is 0 Å². The van der Waals surface area contributed by atoms with Crippen LogP contribution in [0.3, 0.4) is 0 Å². The summed E-state index contributed by atoms with van der Waals surface area (Å²) in [5.41, 5.74) is 2.66. The molecule has 0 unspecified atom stereocenters. The van der Waals surface area contributed by atoms with Gasteiger partial charge in [0.1, 0.15) is 0 Å². The van der Waals surface area contributed by atoms with Crippen LogP contribution in [0.25, 0.3) is 10.9 Å². The lowest BCUT2D eigenvalue weighted by Crippen LogP contribution is -2.20. The van der Waals surface area contributed by atoms with Gasteiger partial charge in [0.05, 0.1) is 0 Å². The predicted octanol–water partition coefficient (Wildman–Crippen LogP) is 2.92. The Morgan fingerprint density at radius 2 is 2.00 bits per heavy atom. The fraction of sp³-hybridized carbons (Fsp3) is 0.429. The van der Waals surface area contributed by atoms with Gasteiger partial charge >= 0.3 is 0 Å². The molecule has 1 aromatic carbocycles. The van der Waals surface area contributed by atoms with E-state index in [1.165, 1.54) is 16.6 Å². The van der Waals surface area contributed by atoms with Gasteiger partial charge in [-0.1, -0.05) is 32.0 Å². The van der Waals surface area contributed by atoms with Crippen molar-refractivity contribution in [2.24, 2.45) is 13.0 Å². The minimum absolute atomic E-state index is 0.703. The van der Waals surface area contributed by atoms with Crippen molar-refractivity contribution in [3.63, 3.8) is 0 Å². The van der Waals surface area contributed by atoms with Crippen molar-refractivity contribution in [2.45, 2.75) is 20.4 Å². The van der Waals surface area contributed by atoms with Gasteiger partial charge < -0.3 is 9.88 Å². The molecule has 2 rings (SSSR count). The molecule has 16 heavy (non-hydrogen) atoms. The normalized spacial score (nSPS) is 11.5. The number of hydrogen-bond acceptors (Lipinski definition) is 1. The zero-order valence-corrected chi connectivity index (χ0v) is 10.3. The van der Waals surface area contributed by atoms with E-state index >= 15 is 0 Å². The molecule has 0 spiro atoms. The van der Waals surface area contributed by atoms with Crippen LogP contribution >= 0.6 is 0 Å². The van der Waals surface area contributed by atoms with Crippen LogP contribution in [0.15, 0.2) is 30.3 Å². The lowest BCUT2D eigenvalue weighted by atomic mass is 10.2. The largest absolute Gasteiger partial charge is 0.346 e. The van der Waals surface area contributed by atoms with E-state index in [0.717, 1.165) is 13.1 Å². The summed E-state index contributed by atoms with van der Waals surface area (Å²) < 4.78 is 2.27. The van der Waals surface area contributed by atoms with Crippen LogP contribution < -0.4 is 5.32 Å². The molecule has 0 fully saturated rings. The molecule has 2 nitrogen and oxygen atoms in total. The van der Waals surface area contributed by atoms with Gasteiger partial charge in [-0.05, 0) is 30.0 Å². The topological polar surface area (TPSA) is 17.0 Å². The molecule has 0 amide bonds. The Morgan fingerprint density at radius 1 is 1.25 bits per heavy atom. The van der Waals surface area contributed by atoms with Gasteiger partial charge in [-0.3, -0.25) is 0 Å². The first kappa shape index (κ1) is 11.2. The quantitative estimate of drug-likeness (QED) is 0.831. The summed E-state index contributed by atoms with van der Waals surface area (Å²) in [4.78, 5) is 0. The SMILES string of the molecule is CC(C)CNCc1cc2ccccc2n1C. The maximum Gasteiger partial charge on any atom is 0.0480 e. The summed E-state index contributed by atoms with van der Waals surface area (Å²) in [5.74, 6) is 0.703.